The average Bonchev–Trinajstić information content (AvgIpc) is 2.82. The molecule has 12 heavy (non-hydrogen) atoms. The summed E-state index contributed by atoms with van der Waals surface area (Å²) < 4.78 is 0. The summed E-state index contributed by atoms with van der Waals surface area (Å²) in [5.74, 6) is 1.14. The molecule has 2 aliphatic carbocycles. The highest BCUT2D eigenvalue weighted by molar-refractivity contribution is 5.05. The average molecular weight is 164 g/mol. The van der Waals surface area contributed by atoms with Crippen molar-refractivity contribution in [2.75, 3.05) is 0 Å². The maximum atomic E-state index is 2.41. The first-order valence-corrected chi connectivity index (χ1v) is 5.36. The molecule has 2 saturated carbocycles. The van der Waals surface area contributed by atoms with Gasteiger partial charge < -0.3 is 0 Å². The van der Waals surface area contributed by atoms with Crippen molar-refractivity contribution in [1.82, 2.24) is 0 Å². The van der Waals surface area contributed by atoms with Crippen LogP contribution >= 0.6 is 0 Å². The van der Waals surface area contributed by atoms with Crippen LogP contribution in [0.1, 0.15) is 52.4 Å². The normalized spacial score (nSPS) is 25.2. The lowest BCUT2D eigenvalue weighted by molar-refractivity contribution is 0.408. The van der Waals surface area contributed by atoms with Gasteiger partial charge in [-0.1, -0.05) is 11.6 Å². The third-order valence-corrected chi connectivity index (χ3v) is 3.53. The number of hydrogen-bond acceptors (Lipinski definition) is 0. The molecule has 0 atom stereocenters. The molecule has 0 amide bonds. The minimum Gasteiger partial charge on any atom is -0.0859 e. The Morgan fingerprint density at radius 1 is 1.33 bits per heavy atom. The first-order valence-electron chi connectivity index (χ1n) is 5.36. The summed E-state index contributed by atoms with van der Waals surface area (Å²) in [6.07, 6.45) is 11.4. The molecule has 0 aromatic carbocycles. The summed E-state index contributed by atoms with van der Waals surface area (Å²) in [5.41, 5.74) is 2.34. The van der Waals surface area contributed by atoms with Crippen molar-refractivity contribution in [3.8, 4) is 0 Å². The van der Waals surface area contributed by atoms with E-state index < -0.39 is 0 Å². The van der Waals surface area contributed by atoms with E-state index in [4.69, 9.17) is 0 Å². The number of rotatable bonds is 4. The Kier molecular flexibility index (Phi) is 2.02. The summed E-state index contributed by atoms with van der Waals surface area (Å²) >= 11 is 0. The Bertz CT molecular complexity index is 188. The number of hydrogen-bond donors (Lipinski definition) is 0. The third-order valence-electron chi connectivity index (χ3n) is 3.53. The molecular formula is C12H20. The maximum Gasteiger partial charge on any atom is -0.0266 e. The maximum absolute atomic E-state index is 2.41. The molecule has 0 radical (unpaired) electrons. The molecule has 0 aliphatic heterocycles. The molecule has 68 valence electrons. The van der Waals surface area contributed by atoms with Crippen LogP contribution in [0.5, 0.6) is 0 Å². The van der Waals surface area contributed by atoms with Gasteiger partial charge in [-0.25, -0.2) is 0 Å². The summed E-state index contributed by atoms with van der Waals surface area (Å²) in [7, 11) is 0. The van der Waals surface area contributed by atoms with Gasteiger partial charge in [0, 0.05) is 0 Å². The number of allylic oxidation sites excluding steroid dienone is 2. The SMILES string of the molecule is CC(C)=CCCC1(C2CC2)CC1. The van der Waals surface area contributed by atoms with Crippen molar-refractivity contribution >= 4 is 0 Å². The first kappa shape index (κ1) is 8.34. The molecule has 0 aromatic rings. The minimum atomic E-state index is 0.853. The van der Waals surface area contributed by atoms with Gasteiger partial charge in [0.1, 0.15) is 0 Å². The quantitative estimate of drug-likeness (QED) is 0.552. The monoisotopic (exact) mass is 164 g/mol. The van der Waals surface area contributed by atoms with E-state index in [0.717, 1.165) is 11.3 Å². The van der Waals surface area contributed by atoms with Crippen LogP contribution < -0.4 is 0 Å². The Labute approximate surface area is 76.1 Å². The molecule has 0 heteroatoms. The lowest BCUT2D eigenvalue weighted by atomic mass is 9.94. The zero-order chi connectivity index (χ0) is 8.60. The summed E-state index contributed by atoms with van der Waals surface area (Å²) in [6.45, 7) is 4.41. The van der Waals surface area contributed by atoms with Crippen molar-refractivity contribution in [2.24, 2.45) is 11.3 Å². The van der Waals surface area contributed by atoms with Crippen molar-refractivity contribution < 1.29 is 0 Å². The molecule has 2 aliphatic rings. The molecule has 0 N–H and O–H groups in total. The second kappa shape index (κ2) is 2.90. The first-order chi connectivity index (χ1) is 5.73. The van der Waals surface area contributed by atoms with Crippen LogP contribution in [-0.4, -0.2) is 0 Å². The molecule has 0 spiro atoms. The molecule has 0 unspecified atom stereocenters. The molecule has 0 heterocycles. The van der Waals surface area contributed by atoms with Crippen LogP contribution in [0.15, 0.2) is 11.6 Å². The van der Waals surface area contributed by atoms with Gasteiger partial charge >= 0.3 is 0 Å². The highest BCUT2D eigenvalue weighted by Gasteiger charge is 2.52. The van der Waals surface area contributed by atoms with Gasteiger partial charge in [-0.3, -0.25) is 0 Å². The Morgan fingerprint density at radius 2 is 2.00 bits per heavy atom. The summed E-state index contributed by atoms with van der Waals surface area (Å²) in [4.78, 5) is 0. The Morgan fingerprint density at radius 3 is 2.42 bits per heavy atom. The molecule has 2 fully saturated rings. The fourth-order valence-corrected chi connectivity index (χ4v) is 2.37. The second-order valence-corrected chi connectivity index (χ2v) is 4.96. The third kappa shape index (κ3) is 1.73. The lowest BCUT2D eigenvalue weighted by Crippen LogP contribution is -2.01. The van der Waals surface area contributed by atoms with Crippen molar-refractivity contribution in [2.45, 2.75) is 52.4 Å². The van der Waals surface area contributed by atoms with Crippen LogP contribution in [0, 0.1) is 11.3 Å². The highest BCUT2D eigenvalue weighted by Crippen LogP contribution is 2.63. The van der Waals surface area contributed by atoms with Crippen molar-refractivity contribution in [1.29, 1.82) is 0 Å². The fourth-order valence-electron chi connectivity index (χ4n) is 2.37. The van der Waals surface area contributed by atoms with Gasteiger partial charge in [0.2, 0.25) is 0 Å². The minimum absolute atomic E-state index is 0.853. The zero-order valence-electron chi connectivity index (χ0n) is 8.40. The predicted molar refractivity (Wildman–Crippen MR) is 53.1 cm³/mol. The van der Waals surface area contributed by atoms with Crippen molar-refractivity contribution in [3.63, 3.8) is 0 Å². The molecular weight excluding hydrogens is 144 g/mol. The van der Waals surface area contributed by atoms with Gasteiger partial charge in [-0.15, -0.1) is 0 Å². The lowest BCUT2D eigenvalue weighted by Gasteiger charge is -2.11. The molecule has 2 rings (SSSR count). The van der Waals surface area contributed by atoms with E-state index in [1.807, 2.05) is 0 Å². The van der Waals surface area contributed by atoms with E-state index in [-0.39, 0.29) is 0 Å². The molecule has 0 bridgehead atoms. The van der Waals surface area contributed by atoms with Gasteiger partial charge in [-0.2, -0.15) is 0 Å². The van der Waals surface area contributed by atoms with Crippen LogP contribution in [0.25, 0.3) is 0 Å². The van der Waals surface area contributed by atoms with Crippen LogP contribution in [0.3, 0.4) is 0 Å². The molecule has 0 aromatic heterocycles. The topological polar surface area (TPSA) is 0 Å². The predicted octanol–water partition coefficient (Wildman–Crippen LogP) is 3.92. The Hall–Kier alpha value is -0.260. The van der Waals surface area contributed by atoms with E-state index in [2.05, 4.69) is 19.9 Å². The van der Waals surface area contributed by atoms with Gasteiger partial charge in [0.25, 0.3) is 0 Å². The summed E-state index contributed by atoms with van der Waals surface area (Å²) in [6, 6.07) is 0. The smallest absolute Gasteiger partial charge is 0.0266 e. The Balaban J connectivity index is 1.75. The van der Waals surface area contributed by atoms with Gasteiger partial charge in [0.15, 0.2) is 0 Å². The van der Waals surface area contributed by atoms with E-state index in [1.165, 1.54) is 44.1 Å². The van der Waals surface area contributed by atoms with E-state index in [9.17, 15) is 0 Å². The van der Waals surface area contributed by atoms with E-state index in [0.29, 0.717) is 0 Å². The van der Waals surface area contributed by atoms with Crippen LogP contribution in [0.4, 0.5) is 0 Å². The van der Waals surface area contributed by atoms with Crippen LogP contribution in [-0.2, 0) is 0 Å². The van der Waals surface area contributed by atoms with Gasteiger partial charge in [-0.05, 0) is 63.7 Å². The highest BCUT2D eigenvalue weighted by atomic mass is 14.6. The van der Waals surface area contributed by atoms with Gasteiger partial charge in [0.05, 0.1) is 0 Å². The van der Waals surface area contributed by atoms with Crippen LogP contribution in [0.2, 0.25) is 0 Å². The molecule has 0 nitrogen and oxygen atoms in total. The van der Waals surface area contributed by atoms with E-state index in [1.54, 1.807) is 0 Å². The largest absolute Gasteiger partial charge is 0.0859 e. The fraction of sp³-hybridized carbons (Fsp3) is 0.833. The second-order valence-electron chi connectivity index (χ2n) is 4.96. The van der Waals surface area contributed by atoms with E-state index >= 15 is 0 Å². The summed E-state index contributed by atoms with van der Waals surface area (Å²) in [5, 5.41) is 0. The molecule has 0 saturated heterocycles. The van der Waals surface area contributed by atoms with Crippen molar-refractivity contribution in [3.05, 3.63) is 11.6 Å². The standard InChI is InChI=1S/C12H20/c1-10(2)4-3-7-12(8-9-12)11-5-6-11/h4,11H,3,5-9H2,1-2H3. The zero-order valence-corrected chi connectivity index (χ0v) is 8.40.